The zero-order valence-corrected chi connectivity index (χ0v) is 16.4. The number of benzene rings is 2. The number of amides is 1. The Labute approximate surface area is 169 Å². The van der Waals surface area contributed by atoms with E-state index in [2.05, 4.69) is 4.98 Å². The number of pyridine rings is 1. The van der Waals surface area contributed by atoms with E-state index in [1.54, 1.807) is 0 Å². The molecule has 1 N–H and O–H groups in total. The van der Waals surface area contributed by atoms with Crippen molar-refractivity contribution in [3.05, 3.63) is 71.4 Å². The quantitative estimate of drug-likeness (QED) is 0.720. The normalized spacial score (nSPS) is 15.0. The van der Waals surface area contributed by atoms with E-state index in [1.807, 2.05) is 65.6 Å². The van der Waals surface area contributed by atoms with Gasteiger partial charge in [-0.3, -0.25) is 4.79 Å². The second kappa shape index (κ2) is 8.59. The average molecular weight is 397 g/mol. The molecule has 2 aromatic carbocycles. The number of nitrogens with zero attached hydrogens (tertiary/aromatic N) is 2. The summed E-state index contributed by atoms with van der Waals surface area (Å²) in [4.78, 5) is 20.7. The van der Waals surface area contributed by atoms with Gasteiger partial charge in [0.2, 0.25) is 0 Å². The minimum Gasteiger partial charge on any atom is -0.488 e. The second-order valence-electron chi connectivity index (χ2n) is 6.98. The molecule has 0 unspecified atom stereocenters. The van der Waals surface area contributed by atoms with E-state index < -0.39 is 0 Å². The molecule has 3 aromatic rings. The molecule has 2 heterocycles. The maximum atomic E-state index is 12.8. The van der Waals surface area contributed by atoms with Crippen molar-refractivity contribution in [2.45, 2.75) is 0 Å². The zero-order valence-electron chi connectivity index (χ0n) is 15.6. The maximum absolute atomic E-state index is 12.8. The summed E-state index contributed by atoms with van der Waals surface area (Å²) in [6, 6.07) is 19.1. The molecule has 0 aliphatic carbocycles. The fourth-order valence-electron chi connectivity index (χ4n) is 3.47. The second-order valence-corrected chi connectivity index (χ2v) is 7.42. The number of rotatable bonds is 5. The van der Waals surface area contributed by atoms with Gasteiger partial charge < -0.3 is 14.5 Å². The van der Waals surface area contributed by atoms with Crippen LogP contribution in [-0.4, -0.2) is 55.1 Å². The third-order valence-corrected chi connectivity index (χ3v) is 5.37. The number of hydrogen-bond donors (Lipinski definition) is 1. The molecule has 1 aromatic heterocycles. The van der Waals surface area contributed by atoms with Crippen LogP contribution < -0.4 is 9.64 Å². The van der Waals surface area contributed by atoms with Crippen LogP contribution >= 0.6 is 11.6 Å². The number of carbonyl (C=O) groups is 1. The van der Waals surface area contributed by atoms with Gasteiger partial charge in [-0.2, -0.15) is 0 Å². The third-order valence-electron chi connectivity index (χ3n) is 5.11. The van der Waals surface area contributed by atoms with Crippen molar-refractivity contribution in [2.75, 3.05) is 39.3 Å². The molecule has 0 radical (unpaired) electrons. The molecule has 0 spiro atoms. The lowest BCUT2D eigenvalue weighted by molar-refractivity contribution is -0.903. The predicted octanol–water partition coefficient (Wildman–Crippen LogP) is 2.31. The van der Waals surface area contributed by atoms with Gasteiger partial charge in [0.05, 0.1) is 31.7 Å². The van der Waals surface area contributed by atoms with Gasteiger partial charge in [-0.05, 0) is 36.4 Å². The van der Waals surface area contributed by atoms with E-state index in [9.17, 15) is 4.79 Å². The number of fused-ring (bicyclic) bond motifs is 1. The van der Waals surface area contributed by atoms with E-state index in [1.165, 1.54) is 4.90 Å². The standard InChI is InChI=1S/C22H22ClN3O2/c23-18-6-8-19(9-7-18)28-16-15-25-11-13-26(14-12-25)22(27)21-10-5-17-3-1-2-4-20(17)24-21/h1-10H,11-16H2/p+1. The van der Waals surface area contributed by atoms with Gasteiger partial charge in [-0.25, -0.2) is 4.98 Å². The van der Waals surface area contributed by atoms with Crippen molar-refractivity contribution in [2.24, 2.45) is 0 Å². The van der Waals surface area contributed by atoms with Gasteiger partial charge in [0.1, 0.15) is 24.6 Å². The highest BCUT2D eigenvalue weighted by molar-refractivity contribution is 6.30. The molecule has 0 atom stereocenters. The van der Waals surface area contributed by atoms with E-state index in [0.29, 0.717) is 17.3 Å². The minimum absolute atomic E-state index is 0.0159. The molecule has 6 heteroatoms. The van der Waals surface area contributed by atoms with Crippen molar-refractivity contribution in [1.29, 1.82) is 0 Å². The molecule has 0 bridgehead atoms. The molecular weight excluding hydrogens is 374 g/mol. The molecule has 1 fully saturated rings. The van der Waals surface area contributed by atoms with Crippen molar-refractivity contribution in [3.8, 4) is 5.75 Å². The van der Waals surface area contributed by atoms with E-state index in [0.717, 1.165) is 49.4 Å². The zero-order chi connectivity index (χ0) is 19.3. The van der Waals surface area contributed by atoms with Crippen LogP contribution in [0.25, 0.3) is 10.9 Å². The number of para-hydroxylation sites is 1. The van der Waals surface area contributed by atoms with Crippen LogP contribution in [0.1, 0.15) is 10.5 Å². The van der Waals surface area contributed by atoms with Crippen LogP contribution in [0.2, 0.25) is 5.02 Å². The Morgan fingerprint density at radius 2 is 1.79 bits per heavy atom. The van der Waals surface area contributed by atoms with Crippen molar-refractivity contribution < 1.29 is 14.4 Å². The molecule has 28 heavy (non-hydrogen) atoms. The average Bonchev–Trinajstić information content (AvgIpc) is 2.75. The van der Waals surface area contributed by atoms with Crippen LogP contribution in [0.15, 0.2) is 60.7 Å². The van der Waals surface area contributed by atoms with E-state index in [4.69, 9.17) is 16.3 Å². The highest BCUT2D eigenvalue weighted by Crippen LogP contribution is 2.15. The fraction of sp³-hybridized carbons (Fsp3) is 0.273. The number of piperazine rings is 1. The lowest BCUT2D eigenvalue weighted by Gasteiger charge is -2.32. The number of hydrogen-bond acceptors (Lipinski definition) is 3. The summed E-state index contributed by atoms with van der Waals surface area (Å²) >= 11 is 5.88. The Balaban J connectivity index is 1.27. The SMILES string of the molecule is O=C(c1ccc2ccccc2n1)N1CC[NH+](CCOc2ccc(Cl)cc2)CC1. The van der Waals surface area contributed by atoms with Crippen molar-refractivity contribution >= 4 is 28.4 Å². The Kier molecular flexibility index (Phi) is 5.74. The smallest absolute Gasteiger partial charge is 0.272 e. The first kappa shape index (κ1) is 18.7. The molecule has 1 aliphatic rings. The molecule has 1 aliphatic heterocycles. The van der Waals surface area contributed by atoms with Crippen molar-refractivity contribution in [3.63, 3.8) is 0 Å². The van der Waals surface area contributed by atoms with Crippen LogP contribution in [0.3, 0.4) is 0 Å². The number of quaternary nitrogens is 1. The van der Waals surface area contributed by atoms with E-state index in [-0.39, 0.29) is 5.91 Å². The van der Waals surface area contributed by atoms with Crippen LogP contribution in [0.5, 0.6) is 5.75 Å². The Bertz CT molecular complexity index is 953. The van der Waals surface area contributed by atoms with Gasteiger partial charge in [0.15, 0.2) is 0 Å². The molecule has 4 rings (SSSR count). The molecule has 144 valence electrons. The lowest BCUT2D eigenvalue weighted by Crippen LogP contribution is -3.15. The summed E-state index contributed by atoms with van der Waals surface area (Å²) < 4.78 is 5.78. The fourth-order valence-corrected chi connectivity index (χ4v) is 3.59. The highest BCUT2D eigenvalue weighted by Gasteiger charge is 2.25. The number of ether oxygens (including phenoxy) is 1. The molecule has 1 amide bonds. The number of halogens is 1. The van der Waals surface area contributed by atoms with Crippen LogP contribution in [0.4, 0.5) is 0 Å². The van der Waals surface area contributed by atoms with Gasteiger partial charge in [-0.1, -0.05) is 35.9 Å². The summed E-state index contributed by atoms with van der Waals surface area (Å²) in [7, 11) is 0. The highest BCUT2D eigenvalue weighted by atomic mass is 35.5. The van der Waals surface area contributed by atoms with Crippen molar-refractivity contribution in [1.82, 2.24) is 9.88 Å². The summed E-state index contributed by atoms with van der Waals surface area (Å²) in [5.41, 5.74) is 1.38. The molecule has 0 saturated carbocycles. The lowest BCUT2D eigenvalue weighted by atomic mass is 10.2. The monoisotopic (exact) mass is 396 g/mol. The summed E-state index contributed by atoms with van der Waals surface area (Å²) in [6.07, 6.45) is 0. The predicted molar refractivity (Wildman–Crippen MR) is 110 cm³/mol. The maximum Gasteiger partial charge on any atom is 0.272 e. The van der Waals surface area contributed by atoms with Crippen LogP contribution in [-0.2, 0) is 0 Å². The summed E-state index contributed by atoms with van der Waals surface area (Å²) in [5.74, 6) is 0.849. The Morgan fingerprint density at radius 1 is 1.04 bits per heavy atom. The first-order chi connectivity index (χ1) is 13.7. The molecule has 5 nitrogen and oxygen atoms in total. The Hall–Kier alpha value is -2.63. The van der Waals surface area contributed by atoms with Gasteiger partial charge in [0, 0.05) is 10.4 Å². The first-order valence-electron chi connectivity index (χ1n) is 9.56. The first-order valence-corrected chi connectivity index (χ1v) is 9.94. The summed E-state index contributed by atoms with van der Waals surface area (Å²) in [6.45, 7) is 4.88. The van der Waals surface area contributed by atoms with E-state index >= 15 is 0 Å². The van der Waals surface area contributed by atoms with Crippen LogP contribution in [0, 0.1) is 0 Å². The van der Waals surface area contributed by atoms with Gasteiger partial charge >= 0.3 is 0 Å². The third kappa shape index (κ3) is 4.43. The largest absolute Gasteiger partial charge is 0.488 e. The number of nitrogens with one attached hydrogen (secondary N) is 1. The summed E-state index contributed by atoms with van der Waals surface area (Å²) in [5, 5.41) is 1.76. The number of aromatic nitrogens is 1. The number of carbonyl (C=O) groups excluding carboxylic acids is 1. The topological polar surface area (TPSA) is 46.9 Å². The minimum atomic E-state index is 0.0159. The molecule has 1 saturated heterocycles. The van der Waals surface area contributed by atoms with Gasteiger partial charge in [0.25, 0.3) is 5.91 Å². The Morgan fingerprint density at radius 3 is 2.57 bits per heavy atom. The van der Waals surface area contributed by atoms with Gasteiger partial charge in [-0.15, -0.1) is 0 Å². The molecular formula is C22H23ClN3O2+.